The van der Waals surface area contributed by atoms with Crippen LogP contribution in [0.4, 0.5) is 0 Å². The SMILES string of the molecule is Cc1ccc(COc2ccc(C(N)=O)c(C[C@@H](C(=O)NO)N3CCN(S(C)(=O)=O)CC3)c2)cc1. The summed E-state index contributed by atoms with van der Waals surface area (Å²) < 4.78 is 30.8. The van der Waals surface area contributed by atoms with E-state index in [1.807, 2.05) is 31.2 Å². The molecule has 0 saturated carbocycles. The van der Waals surface area contributed by atoms with E-state index in [0.29, 0.717) is 31.0 Å². The summed E-state index contributed by atoms with van der Waals surface area (Å²) in [6.07, 6.45) is 1.22. The van der Waals surface area contributed by atoms with Crippen LogP contribution in [0.5, 0.6) is 5.75 Å². The average molecular weight is 491 g/mol. The zero-order chi connectivity index (χ0) is 24.9. The van der Waals surface area contributed by atoms with E-state index < -0.39 is 27.9 Å². The molecule has 11 heteroatoms. The summed E-state index contributed by atoms with van der Waals surface area (Å²) in [4.78, 5) is 26.3. The highest BCUT2D eigenvalue weighted by molar-refractivity contribution is 7.88. The minimum atomic E-state index is -3.34. The number of nitrogens with zero attached hydrogens (tertiary/aromatic N) is 2. The quantitative estimate of drug-likeness (QED) is 0.346. The van der Waals surface area contributed by atoms with Gasteiger partial charge in [0.1, 0.15) is 12.4 Å². The number of amides is 2. The van der Waals surface area contributed by atoms with Crippen LogP contribution in [-0.4, -0.2) is 73.1 Å². The molecular weight excluding hydrogens is 460 g/mol. The third-order valence-corrected chi connectivity index (χ3v) is 7.18. The molecule has 1 aliphatic rings. The van der Waals surface area contributed by atoms with Crippen LogP contribution in [0.1, 0.15) is 27.0 Å². The third-order valence-electron chi connectivity index (χ3n) is 5.88. The molecule has 0 spiro atoms. The van der Waals surface area contributed by atoms with E-state index in [-0.39, 0.29) is 25.1 Å². The zero-order valence-electron chi connectivity index (χ0n) is 19.2. The fourth-order valence-electron chi connectivity index (χ4n) is 3.94. The molecule has 10 nitrogen and oxygen atoms in total. The number of hydrogen-bond donors (Lipinski definition) is 3. The van der Waals surface area contributed by atoms with Gasteiger partial charge in [-0.1, -0.05) is 29.8 Å². The van der Waals surface area contributed by atoms with Crippen LogP contribution in [0, 0.1) is 6.92 Å². The molecular formula is C23H30N4O6S. The Labute approximate surface area is 199 Å². The number of rotatable bonds is 9. The van der Waals surface area contributed by atoms with E-state index in [1.165, 1.54) is 4.31 Å². The summed E-state index contributed by atoms with van der Waals surface area (Å²) in [6.45, 7) is 3.34. The first-order valence-corrected chi connectivity index (χ1v) is 12.7. The van der Waals surface area contributed by atoms with Gasteiger partial charge in [-0.15, -0.1) is 0 Å². The number of hydrogen-bond acceptors (Lipinski definition) is 7. The number of aryl methyl sites for hydroxylation is 1. The molecule has 1 aliphatic heterocycles. The van der Waals surface area contributed by atoms with Crippen LogP contribution in [0.25, 0.3) is 0 Å². The molecule has 3 rings (SSSR count). The Morgan fingerprint density at radius 1 is 1.12 bits per heavy atom. The van der Waals surface area contributed by atoms with E-state index in [4.69, 9.17) is 10.5 Å². The number of primary amides is 1. The van der Waals surface area contributed by atoms with Crippen LogP contribution in [0.2, 0.25) is 0 Å². The highest BCUT2D eigenvalue weighted by atomic mass is 32.2. The van der Waals surface area contributed by atoms with Crippen molar-refractivity contribution in [1.29, 1.82) is 0 Å². The van der Waals surface area contributed by atoms with Crippen molar-refractivity contribution in [3.05, 3.63) is 64.7 Å². The van der Waals surface area contributed by atoms with Gasteiger partial charge in [0.05, 0.1) is 12.3 Å². The van der Waals surface area contributed by atoms with Crippen LogP contribution >= 0.6 is 0 Å². The third kappa shape index (κ3) is 6.54. The van der Waals surface area contributed by atoms with Crippen LogP contribution in [-0.2, 0) is 27.8 Å². The Hall–Kier alpha value is -2.99. The van der Waals surface area contributed by atoms with Crippen molar-refractivity contribution in [3.8, 4) is 5.75 Å². The summed E-state index contributed by atoms with van der Waals surface area (Å²) in [5.41, 5.74) is 10.1. The lowest BCUT2D eigenvalue weighted by Crippen LogP contribution is -2.56. The lowest BCUT2D eigenvalue weighted by molar-refractivity contribution is -0.135. The summed E-state index contributed by atoms with van der Waals surface area (Å²) in [7, 11) is -3.34. The van der Waals surface area contributed by atoms with Crippen LogP contribution < -0.4 is 16.0 Å². The monoisotopic (exact) mass is 490 g/mol. The molecule has 2 aromatic rings. The summed E-state index contributed by atoms with van der Waals surface area (Å²) in [5, 5.41) is 9.31. The summed E-state index contributed by atoms with van der Waals surface area (Å²) >= 11 is 0. The maximum atomic E-state index is 12.5. The maximum absolute atomic E-state index is 12.5. The number of nitrogens with one attached hydrogen (secondary N) is 1. The fourth-order valence-corrected chi connectivity index (χ4v) is 4.76. The van der Waals surface area contributed by atoms with Gasteiger partial charge in [-0.05, 0) is 42.7 Å². The van der Waals surface area contributed by atoms with Crippen molar-refractivity contribution in [1.82, 2.24) is 14.7 Å². The van der Waals surface area contributed by atoms with E-state index in [9.17, 15) is 23.2 Å². The predicted octanol–water partition coefficient (Wildman–Crippen LogP) is 0.667. The molecule has 4 N–H and O–H groups in total. The van der Waals surface area contributed by atoms with Gasteiger partial charge in [0.25, 0.3) is 5.91 Å². The number of carbonyl (C=O) groups is 2. The number of ether oxygens (including phenoxy) is 1. The molecule has 2 aromatic carbocycles. The van der Waals surface area contributed by atoms with Crippen LogP contribution in [0.15, 0.2) is 42.5 Å². The van der Waals surface area contributed by atoms with Gasteiger partial charge >= 0.3 is 0 Å². The van der Waals surface area contributed by atoms with Gasteiger partial charge < -0.3 is 10.5 Å². The first-order chi connectivity index (χ1) is 16.1. The van der Waals surface area contributed by atoms with Crippen LogP contribution in [0.3, 0.4) is 0 Å². The van der Waals surface area contributed by atoms with E-state index >= 15 is 0 Å². The molecule has 0 unspecified atom stereocenters. The number of nitrogens with two attached hydrogens (primary N) is 1. The van der Waals surface area contributed by atoms with Gasteiger partial charge in [-0.3, -0.25) is 19.7 Å². The maximum Gasteiger partial charge on any atom is 0.261 e. The first kappa shape index (κ1) is 25.6. The predicted molar refractivity (Wildman–Crippen MR) is 126 cm³/mol. The van der Waals surface area contributed by atoms with Crippen molar-refractivity contribution in [2.75, 3.05) is 32.4 Å². The first-order valence-electron chi connectivity index (χ1n) is 10.8. The smallest absolute Gasteiger partial charge is 0.261 e. The fraction of sp³-hybridized carbons (Fsp3) is 0.391. The van der Waals surface area contributed by atoms with Gasteiger partial charge in [-0.2, -0.15) is 4.31 Å². The second-order valence-electron chi connectivity index (χ2n) is 8.35. The topological polar surface area (TPSA) is 142 Å². The van der Waals surface area contributed by atoms with E-state index in [2.05, 4.69) is 0 Å². The summed E-state index contributed by atoms with van der Waals surface area (Å²) in [6, 6.07) is 11.9. The minimum absolute atomic E-state index is 0.0747. The summed E-state index contributed by atoms with van der Waals surface area (Å²) in [5.74, 6) is -0.801. The largest absolute Gasteiger partial charge is 0.489 e. The van der Waals surface area contributed by atoms with Gasteiger partial charge in [-0.25, -0.2) is 13.9 Å². The molecule has 0 aromatic heterocycles. The molecule has 1 fully saturated rings. The Morgan fingerprint density at radius 2 is 1.76 bits per heavy atom. The van der Waals surface area contributed by atoms with Crippen molar-refractivity contribution in [3.63, 3.8) is 0 Å². The van der Waals surface area contributed by atoms with Crippen molar-refractivity contribution < 1.29 is 28.0 Å². The van der Waals surface area contributed by atoms with Crippen molar-refractivity contribution >= 4 is 21.8 Å². The Balaban J connectivity index is 1.80. The second kappa shape index (κ2) is 11.0. The second-order valence-corrected chi connectivity index (χ2v) is 10.3. The number of hydroxylamine groups is 1. The average Bonchev–Trinajstić information content (AvgIpc) is 2.81. The lowest BCUT2D eigenvalue weighted by Gasteiger charge is -2.37. The number of piperazine rings is 1. The van der Waals surface area contributed by atoms with Gasteiger partial charge in [0.15, 0.2) is 0 Å². The number of carbonyl (C=O) groups excluding carboxylic acids is 2. The molecule has 1 saturated heterocycles. The lowest BCUT2D eigenvalue weighted by atomic mass is 9.97. The highest BCUT2D eigenvalue weighted by Crippen LogP contribution is 2.23. The molecule has 1 heterocycles. The Morgan fingerprint density at radius 3 is 2.32 bits per heavy atom. The van der Waals surface area contributed by atoms with Gasteiger partial charge in [0.2, 0.25) is 15.9 Å². The normalized spacial score (nSPS) is 16.1. The zero-order valence-corrected chi connectivity index (χ0v) is 20.0. The van der Waals surface area contributed by atoms with Crippen molar-refractivity contribution in [2.45, 2.75) is 26.0 Å². The van der Waals surface area contributed by atoms with E-state index in [0.717, 1.165) is 17.4 Å². The number of sulfonamides is 1. The molecule has 184 valence electrons. The molecule has 0 aliphatic carbocycles. The van der Waals surface area contributed by atoms with Gasteiger partial charge in [0, 0.05) is 31.7 Å². The van der Waals surface area contributed by atoms with E-state index in [1.54, 1.807) is 28.6 Å². The Bertz CT molecular complexity index is 1130. The highest BCUT2D eigenvalue weighted by Gasteiger charge is 2.32. The standard InChI is InChI=1S/C23H30N4O6S/c1-16-3-5-17(6-4-16)15-33-19-7-8-20(22(24)28)18(13-19)14-21(23(29)25-30)26-9-11-27(12-10-26)34(2,31)32/h3-8,13,21,30H,9-12,14-15H2,1-2H3,(H2,24,28)(H,25,29)/t21-/m0/s1. The Kier molecular flexibility index (Phi) is 8.26. The molecule has 2 amide bonds. The number of benzene rings is 2. The molecule has 1 atom stereocenters. The van der Waals surface area contributed by atoms with Crippen molar-refractivity contribution in [2.24, 2.45) is 5.73 Å². The molecule has 34 heavy (non-hydrogen) atoms. The minimum Gasteiger partial charge on any atom is -0.489 e. The molecule has 0 bridgehead atoms. The molecule has 0 radical (unpaired) electrons.